The molecular weight excluding hydrogens is 204 g/mol. The Labute approximate surface area is 86.0 Å². The molecule has 2 rings (SSSR count). The number of nitrogens with one attached hydrogen (secondary N) is 1. The predicted molar refractivity (Wildman–Crippen MR) is 53.5 cm³/mol. The molecule has 1 aliphatic heterocycles. The van der Waals surface area contributed by atoms with E-state index in [1.807, 2.05) is 0 Å². The number of benzene rings is 1. The molecular formula is C9H9ClN2O2. The zero-order valence-electron chi connectivity index (χ0n) is 7.37. The molecule has 1 atom stereocenters. The Hall–Kier alpha value is -1.13. The molecule has 1 heterocycles. The maximum absolute atomic E-state index is 10.7. The molecule has 1 saturated heterocycles. The molecule has 1 aliphatic rings. The highest BCUT2D eigenvalue weighted by atomic mass is 35.5. The third-order valence-corrected chi connectivity index (χ3v) is 2.73. The number of halogens is 1. The zero-order valence-corrected chi connectivity index (χ0v) is 8.12. The Morgan fingerprint density at radius 2 is 2.29 bits per heavy atom. The highest BCUT2D eigenvalue weighted by molar-refractivity contribution is 6.31. The van der Waals surface area contributed by atoms with Crippen LogP contribution in [0.5, 0.6) is 0 Å². The average Bonchev–Trinajstić information content (AvgIpc) is 2.04. The van der Waals surface area contributed by atoms with Gasteiger partial charge in [-0.1, -0.05) is 17.7 Å². The van der Waals surface area contributed by atoms with Crippen LogP contribution in [0.2, 0.25) is 5.02 Å². The molecule has 1 aromatic carbocycles. The van der Waals surface area contributed by atoms with Crippen LogP contribution in [0.4, 0.5) is 5.69 Å². The summed E-state index contributed by atoms with van der Waals surface area (Å²) in [6.45, 7) is 0.896. The van der Waals surface area contributed by atoms with Crippen molar-refractivity contribution in [2.24, 2.45) is 0 Å². The normalized spacial score (nSPS) is 20.2. The van der Waals surface area contributed by atoms with Crippen molar-refractivity contribution in [1.29, 1.82) is 0 Å². The molecule has 5 heteroatoms. The minimum Gasteiger partial charge on any atom is -0.310 e. The predicted octanol–water partition coefficient (Wildman–Crippen LogP) is 2.28. The Morgan fingerprint density at radius 1 is 1.57 bits per heavy atom. The van der Waals surface area contributed by atoms with Crippen LogP contribution in [0, 0.1) is 10.1 Å². The smallest absolute Gasteiger partial charge is 0.275 e. The minimum absolute atomic E-state index is 0.0455. The SMILES string of the molecule is O=[N+]([O-])c1cccc(Cl)c1C1CCN1. The number of nitro groups is 1. The lowest BCUT2D eigenvalue weighted by atomic mass is 9.96. The van der Waals surface area contributed by atoms with Gasteiger partial charge in [0.05, 0.1) is 15.5 Å². The van der Waals surface area contributed by atoms with Gasteiger partial charge in [0.25, 0.3) is 5.69 Å². The fraction of sp³-hybridized carbons (Fsp3) is 0.333. The van der Waals surface area contributed by atoms with Crippen LogP contribution in [-0.4, -0.2) is 11.5 Å². The largest absolute Gasteiger partial charge is 0.310 e. The van der Waals surface area contributed by atoms with Crippen LogP contribution < -0.4 is 5.32 Å². The molecule has 0 spiro atoms. The van der Waals surface area contributed by atoms with Gasteiger partial charge in [0.2, 0.25) is 0 Å². The monoisotopic (exact) mass is 212 g/mol. The van der Waals surface area contributed by atoms with E-state index in [9.17, 15) is 10.1 Å². The van der Waals surface area contributed by atoms with Crippen LogP contribution in [0.1, 0.15) is 18.0 Å². The summed E-state index contributed by atoms with van der Waals surface area (Å²) in [5.74, 6) is 0. The summed E-state index contributed by atoms with van der Waals surface area (Å²) in [6.07, 6.45) is 0.907. The first-order valence-electron chi connectivity index (χ1n) is 4.36. The maximum atomic E-state index is 10.7. The van der Waals surface area contributed by atoms with Gasteiger partial charge in [-0.25, -0.2) is 0 Å². The van der Waals surface area contributed by atoms with E-state index in [4.69, 9.17) is 11.6 Å². The second-order valence-electron chi connectivity index (χ2n) is 3.23. The fourth-order valence-electron chi connectivity index (χ4n) is 1.56. The van der Waals surface area contributed by atoms with Gasteiger partial charge in [-0.3, -0.25) is 10.1 Å². The molecule has 1 aromatic rings. The zero-order chi connectivity index (χ0) is 10.1. The first-order chi connectivity index (χ1) is 6.70. The summed E-state index contributed by atoms with van der Waals surface area (Å²) in [7, 11) is 0. The number of hydrogen-bond donors (Lipinski definition) is 1. The van der Waals surface area contributed by atoms with Crippen molar-refractivity contribution in [2.45, 2.75) is 12.5 Å². The molecule has 0 amide bonds. The molecule has 1 fully saturated rings. The number of nitrogens with zero attached hydrogens (tertiary/aromatic N) is 1. The van der Waals surface area contributed by atoms with Gasteiger partial charge in [-0.2, -0.15) is 0 Å². The minimum atomic E-state index is -0.388. The lowest BCUT2D eigenvalue weighted by Crippen LogP contribution is -2.35. The van der Waals surface area contributed by atoms with Crippen LogP contribution in [0.25, 0.3) is 0 Å². The van der Waals surface area contributed by atoms with E-state index < -0.39 is 0 Å². The van der Waals surface area contributed by atoms with E-state index in [1.54, 1.807) is 12.1 Å². The van der Waals surface area contributed by atoms with E-state index >= 15 is 0 Å². The number of hydrogen-bond acceptors (Lipinski definition) is 3. The highest BCUT2D eigenvalue weighted by Crippen LogP contribution is 2.36. The quantitative estimate of drug-likeness (QED) is 0.605. The second-order valence-corrected chi connectivity index (χ2v) is 3.63. The summed E-state index contributed by atoms with van der Waals surface area (Å²) < 4.78 is 0. The van der Waals surface area contributed by atoms with Crippen molar-refractivity contribution in [1.82, 2.24) is 5.32 Å². The topological polar surface area (TPSA) is 55.2 Å². The second kappa shape index (κ2) is 3.55. The van der Waals surface area contributed by atoms with Crippen molar-refractivity contribution >= 4 is 17.3 Å². The Kier molecular flexibility index (Phi) is 2.39. The molecule has 1 N–H and O–H groups in total. The number of rotatable bonds is 2. The Morgan fingerprint density at radius 3 is 2.79 bits per heavy atom. The van der Waals surface area contributed by atoms with Crippen molar-refractivity contribution in [3.05, 3.63) is 38.9 Å². The van der Waals surface area contributed by atoms with Gasteiger partial charge in [0.1, 0.15) is 0 Å². The fourth-order valence-corrected chi connectivity index (χ4v) is 1.87. The Bertz CT molecular complexity index is 377. The van der Waals surface area contributed by atoms with Crippen LogP contribution in [0.15, 0.2) is 18.2 Å². The lowest BCUT2D eigenvalue weighted by Gasteiger charge is -2.28. The van der Waals surface area contributed by atoms with E-state index in [0.29, 0.717) is 10.6 Å². The molecule has 0 aromatic heterocycles. The lowest BCUT2D eigenvalue weighted by molar-refractivity contribution is -0.385. The molecule has 1 unspecified atom stereocenters. The van der Waals surface area contributed by atoms with Gasteiger partial charge in [-0.15, -0.1) is 0 Å². The summed E-state index contributed by atoms with van der Waals surface area (Å²) in [6, 6.07) is 4.82. The molecule has 0 aliphatic carbocycles. The van der Waals surface area contributed by atoms with Crippen molar-refractivity contribution in [2.75, 3.05) is 6.54 Å². The van der Waals surface area contributed by atoms with Crippen molar-refractivity contribution < 1.29 is 4.92 Å². The Balaban J connectivity index is 2.47. The van der Waals surface area contributed by atoms with Crippen LogP contribution in [0.3, 0.4) is 0 Å². The van der Waals surface area contributed by atoms with E-state index in [-0.39, 0.29) is 16.7 Å². The third-order valence-electron chi connectivity index (χ3n) is 2.40. The highest BCUT2D eigenvalue weighted by Gasteiger charge is 2.28. The standard InChI is InChI=1S/C9H9ClN2O2/c10-6-2-1-3-8(12(13)14)9(6)7-4-5-11-7/h1-3,7,11H,4-5H2. The van der Waals surface area contributed by atoms with Crippen molar-refractivity contribution in [3.8, 4) is 0 Å². The summed E-state index contributed by atoms with van der Waals surface area (Å²) >= 11 is 5.94. The first-order valence-corrected chi connectivity index (χ1v) is 4.74. The van der Waals surface area contributed by atoms with Crippen molar-refractivity contribution in [3.63, 3.8) is 0 Å². The molecule has 0 bridgehead atoms. The van der Waals surface area contributed by atoms with E-state index in [0.717, 1.165) is 13.0 Å². The van der Waals surface area contributed by atoms with Crippen LogP contribution in [-0.2, 0) is 0 Å². The van der Waals surface area contributed by atoms with Gasteiger partial charge >= 0.3 is 0 Å². The van der Waals surface area contributed by atoms with Gasteiger partial charge in [0, 0.05) is 12.1 Å². The molecule has 14 heavy (non-hydrogen) atoms. The molecule has 0 radical (unpaired) electrons. The van der Waals surface area contributed by atoms with Gasteiger partial charge in [-0.05, 0) is 19.0 Å². The maximum Gasteiger partial charge on any atom is 0.275 e. The summed E-state index contributed by atoms with van der Waals surface area (Å²) in [5, 5.41) is 14.3. The molecule has 4 nitrogen and oxygen atoms in total. The molecule has 0 saturated carbocycles. The van der Waals surface area contributed by atoms with Gasteiger partial charge < -0.3 is 5.32 Å². The molecule has 74 valence electrons. The van der Waals surface area contributed by atoms with Crippen LogP contribution >= 0.6 is 11.6 Å². The first kappa shape index (κ1) is 9.43. The van der Waals surface area contributed by atoms with E-state index in [1.165, 1.54) is 6.07 Å². The summed E-state index contributed by atoms with van der Waals surface area (Å²) in [4.78, 5) is 10.3. The van der Waals surface area contributed by atoms with Gasteiger partial charge in [0.15, 0.2) is 0 Å². The summed E-state index contributed by atoms with van der Waals surface area (Å²) in [5.41, 5.74) is 0.722. The number of nitro benzene ring substituents is 1. The average molecular weight is 213 g/mol. The third kappa shape index (κ3) is 1.47. The van der Waals surface area contributed by atoms with E-state index in [2.05, 4.69) is 5.32 Å².